The highest BCUT2D eigenvalue weighted by molar-refractivity contribution is 5.45. The Morgan fingerprint density at radius 3 is 3.00 bits per heavy atom. The minimum absolute atomic E-state index is 0.0115. The molecule has 4 heteroatoms. The number of hydrogen-bond acceptors (Lipinski definition) is 4. The van der Waals surface area contributed by atoms with Gasteiger partial charge in [-0.05, 0) is 44.2 Å². The van der Waals surface area contributed by atoms with Crippen LogP contribution in [0.15, 0.2) is 18.3 Å². The summed E-state index contributed by atoms with van der Waals surface area (Å²) in [7, 11) is 0. The Morgan fingerprint density at radius 2 is 2.39 bits per heavy atom. The molecule has 1 aromatic heterocycles. The van der Waals surface area contributed by atoms with Crippen molar-refractivity contribution in [2.24, 2.45) is 11.7 Å². The third-order valence-electron chi connectivity index (χ3n) is 3.66. The molecular formula is C14H23N3O. The van der Waals surface area contributed by atoms with E-state index in [4.69, 9.17) is 10.8 Å². The van der Waals surface area contributed by atoms with E-state index in [0.717, 1.165) is 25.2 Å². The maximum Gasteiger partial charge on any atom is 0.0569 e. The van der Waals surface area contributed by atoms with Crippen LogP contribution in [0.25, 0.3) is 0 Å². The molecule has 3 N–H and O–H groups in total. The van der Waals surface area contributed by atoms with Gasteiger partial charge in [-0.15, -0.1) is 0 Å². The van der Waals surface area contributed by atoms with Crippen molar-refractivity contribution in [3.8, 4) is 0 Å². The van der Waals surface area contributed by atoms with Crippen LogP contribution < -0.4 is 10.6 Å². The van der Waals surface area contributed by atoms with Crippen LogP contribution in [0.1, 0.15) is 37.9 Å². The van der Waals surface area contributed by atoms with Gasteiger partial charge in [0, 0.05) is 25.7 Å². The Hall–Kier alpha value is -1.13. The molecule has 1 aliphatic rings. The van der Waals surface area contributed by atoms with Crippen molar-refractivity contribution in [1.82, 2.24) is 4.98 Å². The third kappa shape index (κ3) is 3.21. The van der Waals surface area contributed by atoms with E-state index in [-0.39, 0.29) is 6.04 Å². The molecule has 0 radical (unpaired) electrons. The van der Waals surface area contributed by atoms with Gasteiger partial charge in [0.1, 0.15) is 0 Å². The zero-order valence-electron chi connectivity index (χ0n) is 11.0. The van der Waals surface area contributed by atoms with Gasteiger partial charge in [-0.3, -0.25) is 4.98 Å². The molecule has 2 heterocycles. The standard InChI is InChI=1S/C14H23N3O/c1-11(15)14-5-4-13(9-16-14)17-7-2-3-12(10-17)6-8-18/h4-5,9,11-12,18H,2-3,6-8,10,15H2,1H3/t11-,12?/m0/s1. The number of rotatable bonds is 4. The monoisotopic (exact) mass is 249 g/mol. The minimum atomic E-state index is -0.0115. The van der Waals surface area contributed by atoms with E-state index in [9.17, 15) is 0 Å². The molecule has 0 saturated carbocycles. The smallest absolute Gasteiger partial charge is 0.0569 e. The molecule has 0 bridgehead atoms. The van der Waals surface area contributed by atoms with E-state index in [2.05, 4.69) is 16.0 Å². The lowest BCUT2D eigenvalue weighted by Crippen LogP contribution is -2.35. The molecule has 0 spiro atoms. The summed E-state index contributed by atoms with van der Waals surface area (Å²) in [6.45, 7) is 4.35. The topological polar surface area (TPSA) is 62.4 Å². The zero-order valence-corrected chi connectivity index (χ0v) is 11.0. The van der Waals surface area contributed by atoms with Gasteiger partial charge in [0.25, 0.3) is 0 Å². The van der Waals surface area contributed by atoms with Crippen molar-refractivity contribution in [2.45, 2.75) is 32.2 Å². The van der Waals surface area contributed by atoms with Crippen molar-refractivity contribution in [3.63, 3.8) is 0 Å². The number of piperidine rings is 1. The number of aliphatic hydroxyl groups is 1. The van der Waals surface area contributed by atoms with E-state index in [0.29, 0.717) is 12.5 Å². The lowest BCUT2D eigenvalue weighted by molar-refractivity contribution is 0.244. The lowest BCUT2D eigenvalue weighted by atomic mass is 9.95. The summed E-state index contributed by atoms with van der Waals surface area (Å²) in [6.07, 6.45) is 5.24. The third-order valence-corrected chi connectivity index (χ3v) is 3.66. The Labute approximate surface area is 109 Å². The predicted octanol–water partition coefficient (Wildman–Crippen LogP) is 1.70. The second kappa shape index (κ2) is 6.16. The van der Waals surface area contributed by atoms with E-state index >= 15 is 0 Å². The molecule has 0 amide bonds. The molecule has 2 rings (SSSR count). The minimum Gasteiger partial charge on any atom is -0.396 e. The number of hydrogen-bond donors (Lipinski definition) is 2. The lowest BCUT2D eigenvalue weighted by Gasteiger charge is -2.34. The molecule has 1 saturated heterocycles. The van der Waals surface area contributed by atoms with Crippen molar-refractivity contribution in [2.75, 3.05) is 24.6 Å². The van der Waals surface area contributed by atoms with Crippen LogP contribution in [0.2, 0.25) is 0 Å². The van der Waals surface area contributed by atoms with Crippen molar-refractivity contribution in [3.05, 3.63) is 24.0 Å². The van der Waals surface area contributed by atoms with Crippen LogP contribution in [0.4, 0.5) is 5.69 Å². The number of anilines is 1. The van der Waals surface area contributed by atoms with Gasteiger partial charge in [-0.1, -0.05) is 0 Å². The number of aliphatic hydroxyl groups excluding tert-OH is 1. The zero-order chi connectivity index (χ0) is 13.0. The molecular weight excluding hydrogens is 226 g/mol. The summed E-state index contributed by atoms with van der Waals surface area (Å²) in [5.74, 6) is 0.608. The average Bonchev–Trinajstić information content (AvgIpc) is 2.39. The Bertz CT molecular complexity index is 362. The molecule has 18 heavy (non-hydrogen) atoms. The highest BCUT2D eigenvalue weighted by Crippen LogP contribution is 2.24. The Morgan fingerprint density at radius 1 is 1.56 bits per heavy atom. The average molecular weight is 249 g/mol. The maximum atomic E-state index is 9.03. The van der Waals surface area contributed by atoms with Gasteiger partial charge >= 0.3 is 0 Å². The molecule has 1 aliphatic heterocycles. The molecule has 1 unspecified atom stereocenters. The quantitative estimate of drug-likeness (QED) is 0.852. The van der Waals surface area contributed by atoms with Crippen molar-refractivity contribution >= 4 is 5.69 Å². The fourth-order valence-electron chi connectivity index (χ4n) is 2.57. The molecule has 1 fully saturated rings. The number of aromatic nitrogens is 1. The first-order valence-electron chi connectivity index (χ1n) is 6.78. The van der Waals surface area contributed by atoms with Gasteiger partial charge < -0.3 is 15.7 Å². The fourth-order valence-corrected chi connectivity index (χ4v) is 2.57. The van der Waals surface area contributed by atoms with Crippen LogP contribution in [-0.4, -0.2) is 29.8 Å². The van der Waals surface area contributed by atoms with Gasteiger partial charge in [-0.2, -0.15) is 0 Å². The molecule has 2 atom stereocenters. The first-order chi connectivity index (χ1) is 8.70. The highest BCUT2D eigenvalue weighted by Gasteiger charge is 2.19. The molecule has 100 valence electrons. The highest BCUT2D eigenvalue weighted by atomic mass is 16.3. The SMILES string of the molecule is C[C@H](N)c1ccc(N2CCCC(CCO)C2)cn1. The summed E-state index contributed by atoms with van der Waals surface area (Å²) in [5.41, 5.74) is 7.90. The van der Waals surface area contributed by atoms with E-state index in [1.807, 2.05) is 19.2 Å². The molecule has 0 aliphatic carbocycles. The first-order valence-corrected chi connectivity index (χ1v) is 6.78. The Balaban J connectivity index is 2.02. The van der Waals surface area contributed by atoms with E-state index in [1.54, 1.807) is 0 Å². The van der Waals surface area contributed by atoms with Gasteiger partial charge in [0.2, 0.25) is 0 Å². The predicted molar refractivity (Wildman–Crippen MR) is 73.5 cm³/mol. The molecule has 1 aromatic rings. The summed E-state index contributed by atoms with van der Waals surface area (Å²) in [6, 6.07) is 4.10. The largest absolute Gasteiger partial charge is 0.396 e. The summed E-state index contributed by atoms with van der Waals surface area (Å²) in [4.78, 5) is 6.77. The van der Waals surface area contributed by atoms with Gasteiger partial charge in [0.15, 0.2) is 0 Å². The van der Waals surface area contributed by atoms with Crippen LogP contribution >= 0.6 is 0 Å². The Kier molecular flexibility index (Phi) is 4.55. The normalized spacial score (nSPS) is 21.9. The number of nitrogens with zero attached hydrogens (tertiary/aromatic N) is 2. The number of nitrogens with two attached hydrogens (primary N) is 1. The first kappa shape index (κ1) is 13.3. The summed E-state index contributed by atoms with van der Waals surface area (Å²) >= 11 is 0. The maximum absolute atomic E-state index is 9.03. The second-order valence-electron chi connectivity index (χ2n) is 5.20. The van der Waals surface area contributed by atoms with Crippen molar-refractivity contribution < 1.29 is 5.11 Å². The summed E-state index contributed by atoms with van der Waals surface area (Å²) < 4.78 is 0. The van der Waals surface area contributed by atoms with E-state index in [1.165, 1.54) is 18.5 Å². The van der Waals surface area contributed by atoms with Crippen LogP contribution in [0, 0.1) is 5.92 Å². The number of pyridine rings is 1. The second-order valence-corrected chi connectivity index (χ2v) is 5.20. The van der Waals surface area contributed by atoms with Crippen LogP contribution in [0.3, 0.4) is 0 Å². The fraction of sp³-hybridized carbons (Fsp3) is 0.643. The summed E-state index contributed by atoms with van der Waals surface area (Å²) in [5, 5.41) is 9.03. The van der Waals surface area contributed by atoms with Gasteiger partial charge in [0.05, 0.1) is 17.6 Å². The van der Waals surface area contributed by atoms with Crippen LogP contribution in [0.5, 0.6) is 0 Å². The van der Waals surface area contributed by atoms with E-state index < -0.39 is 0 Å². The van der Waals surface area contributed by atoms with Gasteiger partial charge in [-0.25, -0.2) is 0 Å². The van der Waals surface area contributed by atoms with Crippen LogP contribution in [-0.2, 0) is 0 Å². The van der Waals surface area contributed by atoms with Crippen molar-refractivity contribution in [1.29, 1.82) is 0 Å². The molecule has 0 aromatic carbocycles. The molecule has 4 nitrogen and oxygen atoms in total.